The summed E-state index contributed by atoms with van der Waals surface area (Å²) in [4.78, 5) is 27.2. The Morgan fingerprint density at radius 1 is 1.33 bits per heavy atom. The highest BCUT2D eigenvalue weighted by Gasteiger charge is 2.34. The number of carbonyl (C=O) groups excluding carboxylic acids is 1. The summed E-state index contributed by atoms with van der Waals surface area (Å²) in [5.74, 6) is 1.51. The molecular weight excluding hydrogens is 304 g/mol. The van der Waals surface area contributed by atoms with Crippen molar-refractivity contribution in [2.24, 2.45) is 11.8 Å². The number of aromatic amines is 1. The Labute approximate surface area is 140 Å². The third-order valence-corrected chi connectivity index (χ3v) is 4.57. The molecule has 1 fully saturated rings. The molecular formula is C18H22N4O2. The topological polar surface area (TPSA) is 87.7 Å². The molecule has 24 heavy (non-hydrogen) atoms. The lowest BCUT2D eigenvalue weighted by Crippen LogP contribution is -2.33. The summed E-state index contributed by atoms with van der Waals surface area (Å²) >= 11 is 0. The highest BCUT2D eigenvalue weighted by molar-refractivity contribution is 5.77. The first-order valence-corrected chi connectivity index (χ1v) is 8.40. The minimum absolute atomic E-state index is 0.0236. The first-order valence-electron chi connectivity index (χ1n) is 8.40. The summed E-state index contributed by atoms with van der Waals surface area (Å²) in [6.45, 7) is 4.06. The second-order valence-electron chi connectivity index (χ2n) is 6.46. The Hall–Kier alpha value is -2.50. The van der Waals surface area contributed by atoms with Crippen molar-refractivity contribution < 1.29 is 4.79 Å². The van der Waals surface area contributed by atoms with E-state index in [-0.39, 0.29) is 17.2 Å². The van der Waals surface area contributed by atoms with Gasteiger partial charge in [-0.05, 0) is 24.7 Å². The van der Waals surface area contributed by atoms with Crippen LogP contribution in [0.1, 0.15) is 44.8 Å². The van der Waals surface area contributed by atoms with Gasteiger partial charge in [-0.3, -0.25) is 9.59 Å². The molecule has 126 valence electrons. The molecule has 0 radical (unpaired) electrons. The number of hydrogen-bond acceptors (Lipinski definition) is 4. The smallest absolute Gasteiger partial charge is 0.275 e. The number of H-pyrrole nitrogens is 1. The molecule has 2 aromatic rings. The van der Waals surface area contributed by atoms with E-state index in [0.29, 0.717) is 30.5 Å². The predicted molar refractivity (Wildman–Crippen MR) is 91.2 cm³/mol. The molecule has 1 aliphatic carbocycles. The van der Waals surface area contributed by atoms with Crippen LogP contribution in [0.5, 0.6) is 0 Å². The van der Waals surface area contributed by atoms with Crippen molar-refractivity contribution in [2.45, 2.75) is 39.2 Å². The standard InChI is InChI=1S/C18H22N4O2/c1-3-14(19-15(23)10-13-9-11(13)2)16-18(24)20-17(22-21-16)12-7-5-4-6-8-12/h4-8,11,13-14H,3,9-10H2,1-2H3,(H,19,23)(H,20,22,24). The molecule has 0 spiro atoms. The summed E-state index contributed by atoms with van der Waals surface area (Å²) in [6, 6.07) is 8.94. The van der Waals surface area contributed by atoms with Gasteiger partial charge in [0.2, 0.25) is 5.91 Å². The molecule has 1 aromatic carbocycles. The molecule has 0 bridgehead atoms. The van der Waals surface area contributed by atoms with Crippen LogP contribution in [0.3, 0.4) is 0 Å². The van der Waals surface area contributed by atoms with E-state index in [2.05, 4.69) is 27.4 Å². The maximum absolute atomic E-state index is 12.4. The normalized spacial score (nSPS) is 20.4. The van der Waals surface area contributed by atoms with Gasteiger partial charge in [0.05, 0.1) is 6.04 Å². The van der Waals surface area contributed by atoms with Crippen LogP contribution < -0.4 is 10.9 Å². The van der Waals surface area contributed by atoms with E-state index in [1.165, 1.54) is 0 Å². The van der Waals surface area contributed by atoms with Crippen LogP contribution in [0.15, 0.2) is 35.1 Å². The average molecular weight is 326 g/mol. The number of carbonyl (C=O) groups is 1. The summed E-state index contributed by atoms with van der Waals surface area (Å²) in [7, 11) is 0. The van der Waals surface area contributed by atoms with Crippen molar-refractivity contribution in [2.75, 3.05) is 0 Å². The van der Waals surface area contributed by atoms with Crippen LogP contribution in [0.2, 0.25) is 0 Å². The lowest BCUT2D eigenvalue weighted by Gasteiger charge is -2.15. The van der Waals surface area contributed by atoms with Crippen LogP contribution in [0, 0.1) is 11.8 Å². The van der Waals surface area contributed by atoms with Gasteiger partial charge in [0.25, 0.3) is 5.56 Å². The second kappa shape index (κ2) is 6.95. The summed E-state index contributed by atoms with van der Waals surface area (Å²) in [6.07, 6.45) is 2.22. The molecule has 3 rings (SSSR count). The molecule has 1 aliphatic rings. The number of nitrogens with one attached hydrogen (secondary N) is 2. The Morgan fingerprint density at radius 2 is 2.04 bits per heavy atom. The van der Waals surface area contributed by atoms with Crippen molar-refractivity contribution in [1.82, 2.24) is 20.5 Å². The van der Waals surface area contributed by atoms with Gasteiger partial charge < -0.3 is 10.3 Å². The van der Waals surface area contributed by atoms with Gasteiger partial charge in [0, 0.05) is 12.0 Å². The number of amides is 1. The highest BCUT2D eigenvalue weighted by Crippen LogP contribution is 2.40. The lowest BCUT2D eigenvalue weighted by atomic mass is 10.1. The molecule has 2 N–H and O–H groups in total. The largest absolute Gasteiger partial charge is 0.347 e. The molecule has 1 amide bonds. The first-order chi connectivity index (χ1) is 11.6. The van der Waals surface area contributed by atoms with Crippen LogP contribution in [-0.4, -0.2) is 21.1 Å². The van der Waals surface area contributed by atoms with Gasteiger partial charge in [0.15, 0.2) is 11.5 Å². The second-order valence-corrected chi connectivity index (χ2v) is 6.46. The van der Waals surface area contributed by atoms with Gasteiger partial charge in [-0.15, -0.1) is 10.2 Å². The van der Waals surface area contributed by atoms with Crippen molar-refractivity contribution >= 4 is 5.91 Å². The summed E-state index contributed by atoms with van der Waals surface area (Å²) in [5.41, 5.74) is 0.749. The van der Waals surface area contributed by atoms with Crippen LogP contribution in [0.4, 0.5) is 0 Å². The van der Waals surface area contributed by atoms with Gasteiger partial charge in [-0.25, -0.2) is 0 Å². The number of hydrogen-bond donors (Lipinski definition) is 2. The zero-order chi connectivity index (χ0) is 17.1. The predicted octanol–water partition coefficient (Wildman–Crippen LogP) is 2.45. The number of nitrogens with zero attached hydrogens (tertiary/aromatic N) is 2. The minimum Gasteiger partial charge on any atom is -0.347 e. The Bertz CT molecular complexity index is 772. The van der Waals surface area contributed by atoms with Crippen molar-refractivity contribution in [3.05, 3.63) is 46.4 Å². The van der Waals surface area contributed by atoms with Crippen LogP contribution >= 0.6 is 0 Å². The molecule has 6 nitrogen and oxygen atoms in total. The third-order valence-electron chi connectivity index (χ3n) is 4.57. The van der Waals surface area contributed by atoms with Gasteiger partial charge >= 0.3 is 0 Å². The Morgan fingerprint density at radius 3 is 2.62 bits per heavy atom. The molecule has 6 heteroatoms. The number of aromatic nitrogens is 3. The lowest BCUT2D eigenvalue weighted by molar-refractivity contribution is -0.122. The minimum atomic E-state index is -0.410. The maximum atomic E-state index is 12.4. The van der Waals surface area contributed by atoms with Crippen molar-refractivity contribution in [3.63, 3.8) is 0 Å². The van der Waals surface area contributed by atoms with Crippen LogP contribution in [0.25, 0.3) is 11.4 Å². The van der Waals surface area contributed by atoms with E-state index in [1.54, 1.807) is 0 Å². The molecule has 0 saturated heterocycles. The van der Waals surface area contributed by atoms with E-state index in [0.717, 1.165) is 12.0 Å². The van der Waals surface area contributed by atoms with Gasteiger partial charge in [0.1, 0.15) is 0 Å². The van der Waals surface area contributed by atoms with Crippen molar-refractivity contribution in [3.8, 4) is 11.4 Å². The quantitative estimate of drug-likeness (QED) is 0.853. The van der Waals surface area contributed by atoms with Gasteiger partial charge in [-0.1, -0.05) is 44.2 Å². The monoisotopic (exact) mass is 326 g/mol. The zero-order valence-corrected chi connectivity index (χ0v) is 14.0. The molecule has 3 unspecified atom stereocenters. The number of rotatable bonds is 6. The first kappa shape index (κ1) is 16.4. The SMILES string of the molecule is CCC(NC(=O)CC1CC1C)c1nnc(-c2ccccc2)[nH]c1=O. The Balaban J connectivity index is 1.74. The third kappa shape index (κ3) is 3.69. The summed E-state index contributed by atoms with van der Waals surface area (Å²) < 4.78 is 0. The molecule has 3 atom stereocenters. The van der Waals surface area contributed by atoms with E-state index in [1.807, 2.05) is 37.3 Å². The molecule has 1 aromatic heterocycles. The summed E-state index contributed by atoms with van der Waals surface area (Å²) in [5, 5.41) is 11.1. The Kier molecular flexibility index (Phi) is 4.74. The van der Waals surface area contributed by atoms with Gasteiger partial charge in [-0.2, -0.15) is 0 Å². The fourth-order valence-corrected chi connectivity index (χ4v) is 2.84. The zero-order valence-electron chi connectivity index (χ0n) is 14.0. The van der Waals surface area contributed by atoms with Crippen LogP contribution in [-0.2, 0) is 4.79 Å². The molecule has 0 aliphatic heterocycles. The fourth-order valence-electron chi connectivity index (χ4n) is 2.84. The molecule has 1 heterocycles. The highest BCUT2D eigenvalue weighted by atomic mass is 16.2. The van der Waals surface area contributed by atoms with E-state index in [9.17, 15) is 9.59 Å². The maximum Gasteiger partial charge on any atom is 0.275 e. The van der Waals surface area contributed by atoms with Crippen molar-refractivity contribution in [1.29, 1.82) is 0 Å². The van der Waals surface area contributed by atoms with E-state index in [4.69, 9.17) is 0 Å². The fraction of sp³-hybridized carbons (Fsp3) is 0.444. The molecule has 1 saturated carbocycles. The van der Waals surface area contributed by atoms with E-state index >= 15 is 0 Å². The van der Waals surface area contributed by atoms with E-state index < -0.39 is 6.04 Å². The average Bonchev–Trinajstić information content (AvgIpc) is 3.28. The number of benzene rings is 1.